The van der Waals surface area contributed by atoms with Gasteiger partial charge in [0.05, 0.1) is 7.11 Å². The zero-order valence-electron chi connectivity index (χ0n) is 8.83. The highest BCUT2D eigenvalue weighted by Gasteiger charge is 2.47. The Labute approximate surface area is 102 Å². The highest BCUT2D eigenvalue weighted by molar-refractivity contribution is 9.10. The van der Waals surface area contributed by atoms with E-state index in [9.17, 15) is 9.59 Å². The summed E-state index contributed by atoms with van der Waals surface area (Å²) in [7, 11) is 1.29. The Morgan fingerprint density at radius 2 is 2.12 bits per heavy atom. The number of fused-ring (bicyclic) bond motifs is 1. The molecule has 1 unspecified atom stereocenters. The normalized spacial score (nSPS) is 23.8. The topological polar surface area (TPSA) is 43.4 Å². The quantitative estimate of drug-likeness (QED) is 0.450. The molecule has 0 radical (unpaired) electrons. The number of esters is 1. The van der Waals surface area contributed by atoms with Crippen molar-refractivity contribution < 1.29 is 14.3 Å². The highest BCUT2D eigenvalue weighted by atomic mass is 79.9. The molecule has 1 aromatic rings. The van der Waals surface area contributed by atoms with Crippen molar-refractivity contribution >= 4 is 27.7 Å². The maximum atomic E-state index is 12.2. The molecule has 16 heavy (non-hydrogen) atoms. The summed E-state index contributed by atoms with van der Waals surface area (Å²) >= 11 is 3.23. The van der Waals surface area contributed by atoms with E-state index in [2.05, 4.69) is 20.7 Å². The molecular weight excluding hydrogens is 272 g/mol. The summed E-state index contributed by atoms with van der Waals surface area (Å²) in [5.74, 6) is -0.729. The summed E-state index contributed by atoms with van der Waals surface area (Å²) in [5.41, 5.74) is 1.60. The number of aryl methyl sites for hydroxylation is 1. The van der Waals surface area contributed by atoms with E-state index in [4.69, 9.17) is 0 Å². The van der Waals surface area contributed by atoms with Crippen molar-refractivity contribution in [2.75, 3.05) is 7.11 Å². The van der Waals surface area contributed by atoms with Crippen molar-refractivity contribution in [3.8, 4) is 0 Å². The highest BCUT2D eigenvalue weighted by Crippen LogP contribution is 2.36. The summed E-state index contributed by atoms with van der Waals surface area (Å²) in [6, 6.07) is 7.35. The lowest BCUT2D eigenvalue weighted by molar-refractivity contribution is -0.142. The van der Waals surface area contributed by atoms with E-state index in [1.807, 2.05) is 12.1 Å². The van der Waals surface area contributed by atoms with Crippen LogP contribution in [0.5, 0.6) is 0 Å². The van der Waals surface area contributed by atoms with Crippen molar-refractivity contribution in [2.24, 2.45) is 0 Å². The van der Waals surface area contributed by atoms with Gasteiger partial charge in [-0.05, 0) is 18.4 Å². The molecule has 1 aliphatic carbocycles. The summed E-state index contributed by atoms with van der Waals surface area (Å²) in [4.78, 5) is 23.8. The van der Waals surface area contributed by atoms with Crippen LogP contribution in [0.3, 0.4) is 0 Å². The molecule has 1 aliphatic rings. The number of hydrogen-bond donors (Lipinski definition) is 0. The molecule has 0 amide bonds. The fourth-order valence-electron chi connectivity index (χ4n) is 1.95. The molecule has 0 aliphatic heterocycles. The van der Waals surface area contributed by atoms with E-state index in [1.54, 1.807) is 12.1 Å². The van der Waals surface area contributed by atoms with Crippen LogP contribution in [0.15, 0.2) is 24.3 Å². The third-order valence-corrected chi connectivity index (χ3v) is 3.95. The third-order valence-electron chi connectivity index (χ3n) is 2.87. The summed E-state index contributed by atoms with van der Waals surface area (Å²) in [6.45, 7) is 0. The van der Waals surface area contributed by atoms with Crippen LogP contribution in [-0.4, -0.2) is 23.2 Å². The second-order valence-electron chi connectivity index (χ2n) is 3.78. The summed E-state index contributed by atoms with van der Waals surface area (Å²) in [6.07, 6.45) is 1.14. The van der Waals surface area contributed by atoms with Gasteiger partial charge >= 0.3 is 5.97 Å². The van der Waals surface area contributed by atoms with E-state index in [1.165, 1.54) is 7.11 Å². The number of carbonyl (C=O) groups is 2. The molecule has 0 saturated carbocycles. The molecule has 0 bridgehead atoms. The van der Waals surface area contributed by atoms with E-state index in [0.717, 1.165) is 5.56 Å². The SMILES string of the molecule is COC(=O)C1(Br)CCc2ccccc2C1=O. The largest absolute Gasteiger partial charge is 0.468 e. The van der Waals surface area contributed by atoms with E-state index < -0.39 is 10.3 Å². The minimum atomic E-state index is -1.20. The zero-order chi connectivity index (χ0) is 11.8. The van der Waals surface area contributed by atoms with Crippen LogP contribution >= 0.6 is 15.9 Å². The Balaban J connectivity index is 2.45. The average molecular weight is 283 g/mol. The lowest BCUT2D eigenvalue weighted by Crippen LogP contribution is -2.45. The number of ether oxygens (including phenoxy) is 1. The molecular formula is C12H11BrO3. The van der Waals surface area contributed by atoms with Crippen LogP contribution in [0.2, 0.25) is 0 Å². The first-order valence-corrected chi connectivity index (χ1v) is 5.79. The van der Waals surface area contributed by atoms with Gasteiger partial charge in [-0.3, -0.25) is 9.59 Å². The van der Waals surface area contributed by atoms with Crippen LogP contribution in [0.25, 0.3) is 0 Å². The van der Waals surface area contributed by atoms with Crippen molar-refractivity contribution in [2.45, 2.75) is 17.2 Å². The van der Waals surface area contributed by atoms with Crippen molar-refractivity contribution in [1.82, 2.24) is 0 Å². The monoisotopic (exact) mass is 282 g/mol. The Morgan fingerprint density at radius 3 is 2.81 bits per heavy atom. The van der Waals surface area contributed by atoms with Gasteiger partial charge in [-0.25, -0.2) is 0 Å². The maximum absolute atomic E-state index is 12.2. The van der Waals surface area contributed by atoms with Crippen LogP contribution in [0.4, 0.5) is 0 Å². The van der Waals surface area contributed by atoms with Gasteiger partial charge in [-0.1, -0.05) is 40.2 Å². The van der Waals surface area contributed by atoms with Crippen molar-refractivity contribution in [3.05, 3.63) is 35.4 Å². The van der Waals surface area contributed by atoms with Gasteiger partial charge < -0.3 is 4.74 Å². The number of hydrogen-bond acceptors (Lipinski definition) is 3. The number of benzene rings is 1. The van der Waals surface area contributed by atoms with Gasteiger partial charge in [-0.2, -0.15) is 0 Å². The minimum Gasteiger partial charge on any atom is -0.468 e. The molecule has 2 rings (SSSR count). The van der Waals surface area contributed by atoms with Gasteiger partial charge in [0.2, 0.25) is 0 Å². The third kappa shape index (κ3) is 1.57. The Hall–Kier alpha value is -1.16. The number of halogens is 1. The molecule has 0 heterocycles. The predicted octanol–water partition coefficient (Wildman–Crippen LogP) is 2.12. The summed E-state index contributed by atoms with van der Waals surface area (Å²) < 4.78 is 3.47. The smallest absolute Gasteiger partial charge is 0.330 e. The molecule has 1 atom stereocenters. The van der Waals surface area contributed by atoms with Crippen LogP contribution in [0, 0.1) is 0 Å². The van der Waals surface area contributed by atoms with E-state index in [0.29, 0.717) is 18.4 Å². The zero-order valence-corrected chi connectivity index (χ0v) is 10.4. The van der Waals surface area contributed by atoms with E-state index >= 15 is 0 Å². The first kappa shape index (κ1) is 11.3. The molecule has 1 aromatic carbocycles. The number of Topliss-reactive ketones (excluding diaryl/α,β-unsaturated/α-hetero) is 1. The van der Waals surface area contributed by atoms with E-state index in [-0.39, 0.29) is 5.78 Å². The standard InChI is InChI=1S/C12H11BrO3/c1-16-11(15)12(13)7-6-8-4-2-3-5-9(8)10(12)14/h2-5H,6-7H2,1H3. The number of methoxy groups -OCH3 is 1. The second-order valence-corrected chi connectivity index (χ2v) is 5.13. The lowest BCUT2D eigenvalue weighted by atomic mass is 9.82. The molecule has 0 N–H and O–H groups in total. The fourth-order valence-corrected chi connectivity index (χ4v) is 2.52. The number of rotatable bonds is 1. The first-order chi connectivity index (χ1) is 7.59. The van der Waals surface area contributed by atoms with Gasteiger partial charge in [0.15, 0.2) is 10.1 Å². The fraction of sp³-hybridized carbons (Fsp3) is 0.333. The van der Waals surface area contributed by atoms with Gasteiger partial charge in [0, 0.05) is 5.56 Å². The Morgan fingerprint density at radius 1 is 1.44 bits per heavy atom. The predicted molar refractivity (Wildman–Crippen MR) is 62.8 cm³/mol. The number of ketones is 1. The van der Waals surface area contributed by atoms with Gasteiger partial charge in [0.25, 0.3) is 0 Å². The summed E-state index contributed by atoms with van der Waals surface area (Å²) in [5, 5.41) is 0. The molecule has 0 aromatic heterocycles. The second kappa shape index (κ2) is 4.01. The van der Waals surface area contributed by atoms with Crippen LogP contribution in [-0.2, 0) is 16.0 Å². The van der Waals surface area contributed by atoms with Crippen molar-refractivity contribution in [3.63, 3.8) is 0 Å². The molecule has 84 valence electrons. The van der Waals surface area contributed by atoms with Gasteiger partial charge in [0.1, 0.15) is 0 Å². The van der Waals surface area contributed by atoms with Crippen LogP contribution < -0.4 is 0 Å². The number of carbonyl (C=O) groups excluding carboxylic acids is 2. The lowest BCUT2D eigenvalue weighted by Gasteiger charge is -2.28. The van der Waals surface area contributed by atoms with Gasteiger partial charge in [-0.15, -0.1) is 0 Å². The van der Waals surface area contributed by atoms with Crippen LogP contribution in [0.1, 0.15) is 22.3 Å². The Bertz CT molecular complexity index is 455. The molecule has 3 nitrogen and oxygen atoms in total. The average Bonchev–Trinajstić information content (AvgIpc) is 2.33. The molecule has 4 heteroatoms. The molecule has 0 spiro atoms. The Kier molecular flexibility index (Phi) is 2.84. The first-order valence-electron chi connectivity index (χ1n) is 4.99. The minimum absolute atomic E-state index is 0.207. The molecule has 0 fully saturated rings. The number of alkyl halides is 1. The molecule has 0 saturated heterocycles. The maximum Gasteiger partial charge on any atom is 0.330 e. The van der Waals surface area contributed by atoms with Crippen molar-refractivity contribution in [1.29, 1.82) is 0 Å².